The van der Waals surface area contributed by atoms with Crippen molar-refractivity contribution in [3.8, 4) is 6.07 Å². The Kier molecular flexibility index (Phi) is 4.70. The van der Waals surface area contributed by atoms with Crippen molar-refractivity contribution < 1.29 is 4.74 Å². The summed E-state index contributed by atoms with van der Waals surface area (Å²) in [5.41, 5.74) is 2.42. The van der Waals surface area contributed by atoms with Gasteiger partial charge in [-0.1, -0.05) is 18.2 Å². The van der Waals surface area contributed by atoms with Crippen molar-refractivity contribution in [3.05, 3.63) is 53.7 Å². The summed E-state index contributed by atoms with van der Waals surface area (Å²) in [5.74, 6) is 0.658. The van der Waals surface area contributed by atoms with E-state index in [1.54, 1.807) is 12.1 Å². The van der Waals surface area contributed by atoms with Crippen LogP contribution >= 0.6 is 0 Å². The van der Waals surface area contributed by atoms with Crippen molar-refractivity contribution in [2.75, 3.05) is 5.32 Å². The lowest BCUT2D eigenvalue weighted by atomic mass is 10.2. The van der Waals surface area contributed by atoms with Crippen LogP contribution < -0.4 is 5.32 Å². The highest BCUT2D eigenvalue weighted by Crippen LogP contribution is 2.17. The van der Waals surface area contributed by atoms with Crippen molar-refractivity contribution in [1.29, 1.82) is 5.26 Å². The molecular formula is C16H17N3O. The first kappa shape index (κ1) is 14.0. The molecular weight excluding hydrogens is 250 g/mol. The maximum atomic E-state index is 8.84. The summed E-state index contributed by atoms with van der Waals surface area (Å²) in [4.78, 5) is 4.19. The van der Waals surface area contributed by atoms with Gasteiger partial charge in [0.1, 0.15) is 17.6 Å². The van der Waals surface area contributed by atoms with Crippen LogP contribution in [0.1, 0.15) is 25.1 Å². The number of rotatable bonds is 5. The van der Waals surface area contributed by atoms with Crippen LogP contribution in [-0.4, -0.2) is 11.1 Å². The van der Waals surface area contributed by atoms with E-state index in [1.807, 2.05) is 50.2 Å². The van der Waals surface area contributed by atoms with Crippen molar-refractivity contribution >= 4 is 11.5 Å². The molecule has 4 nitrogen and oxygen atoms in total. The van der Waals surface area contributed by atoms with Crippen molar-refractivity contribution in [1.82, 2.24) is 4.98 Å². The lowest BCUT2D eigenvalue weighted by Gasteiger charge is -2.10. The van der Waals surface area contributed by atoms with Gasteiger partial charge in [-0.15, -0.1) is 0 Å². The summed E-state index contributed by atoms with van der Waals surface area (Å²) >= 11 is 0. The molecule has 2 aromatic rings. The summed E-state index contributed by atoms with van der Waals surface area (Å²) in [5, 5.41) is 12.0. The summed E-state index contributed by atoms with van der Waals surface area (Å²) in [7, 11) is 0. The Morgan fingerprint density at radius 2 is 2.05 bits per heavy atom. The Bertz CT molecular complexity index is 617. The van der Waals surface area contributed by atoms with Crippen LogP contribution in [0.5, 0.6) is 0 Å². The second kappa shape index (κ2) is 6.69. The molecule has 1 aromatic carbocycles. The lowest BCUT2D eigenvalue weighted by Crippen LogP contribution is -2.02. The maximum absolute atomic E-state index is 8.84. The third kappa shape index (κ3) is 4.08. The fraction of sp³-hybridized carbons (Fsp3) is 0.250. The number of pyridine rings is 1. The highest BCUT2D eigenvalue weighted by molar-refractivity contribution is 5.57. The smallest absolute Gasteiger partial charge is 0.142 e. The molecule has 0 saturated carbocycles. The van der Waals surface area contributed by atoms with Gasteiger partial charge in [-0.05, 0) is 43.7 Å². The van der Waals surface area contributed by atoms with Crippen LogP contribution in [0.4, 0.5) is 11.5 Å². The Hall–Kier alpha value is -2.38. The SMILES string of the molecule is CC(C)OCc1cccc(Nc2cccc(C#N)n2)c1. The number of ether oxygens (including phenoxy) is 1. The standard InChI is InChI=1S/C16H17N3O/c1-12(2)20-11-13-5-3-6-14(9-13)18-16-8-4-7-15(10-17)19-16/h3-9,12H,11H2,1-2H3,(H,18,19). The zero-order chi connectivity index (χ0) is 14.4. The molecule has 0 saturated heterocycles. The Labute approximate surface area is 119 Å². The fourth-order valence-electron chi connectivity index (χ4n) is 1.72. The van der Waals surface area contributed by atoms with E-state index in [0.717, 1.165) is 11.3 Å². The molecule has 1 aromatic heterocycles. The Morgan fingerprint density at radius 3 is 2.80 bits per heavy atom. The molecule has 0 unspecified atom stereocenters. The molecule has 0 aliphatic heterocycles. The predicted octanol–water partition coefficient (Wildman–Crippen LogP) is 3.62. The number of benzene rings is 1. The number of nitriles is 1. The van der Waals surface area contributed by atoms with E-state index >= 15 is 0 Å². The molecule has 0 spiro atoms. The fourth-order valence-corrected chi connectivity index (χ4v) is 1.72. The number of nitrogens with zero attached hydrogens (tertiary/aromatic N) is 2. The van der Waals surface area contributed by atoms with Crippen LogP contribution in [0, 0.1) is 11.3 Å². The second-order valence-electron chi connectivity index (χ2n) is 4.71. The van der Waals surface area contributed by atoms with Gasteiger partial charge in [-0.2, -0.15) is 5.26 Å². The molecule has 2 rings (SSSR count). The quantitative estimate of drug-likeness (QED) is 0.898. The molecule has 4 heteroatoms. The molecule has 0 aliphatic carbocycles. The van der Waals surface area contributed by atoms with Crippen LogP contribution in [0.3, 0.4) is 0 Å². The van der Waals surface area contributed by atoms with E-state index in [1.165, 1.54) is 0 Å². The zero-order valence-electron chi connectivity index (χ0n) is 11.6. The van der Waals surface area contributed by atoms with Gasteiger partial charge in [0.15, 0.2) is 0 Å². The van der Waals surface area contributed by atoms with Crippen molar-refractivity contribution in [3.63, 3.8) is 0 Å². The van der Waals surface area contributed by atoms with Gasteiger partial charge in [0.2, 0.25) is 0 Å². The highest BCUT2D eigenvalue weighted by atomic mass is 16.5. The molecule has 0 atom stereocenters. The summed E-state index contributed by atoms with van der Waals surface area (Å²) < 4.78 is 5.58. The first-order chi connectivity index (χ1) is 9.67. The van der Waals surface area contributed by atoms with E-state index in [9.17, 15) is 0 Å². The van der Waals surface area contributed by atoms with Crippen LogP contribution in [0.25, 0.3) is 0 Å². The molecule has 0 fully saturated rings. The first-order valence-corrected chi connectivity index (χ1v) is 6.52. The topological polar surface area (TPSA) is 57.9 Å². The van der Waals surface area contributed by atoms with Crippen molar-refractivity contribution in [2.45, 2.75) is 26.6 Å². The summed E-state index contributed by atoms with van der Waals surface area (Å²) in [6.45, 7) is 4.61. The highest BCUT2D eigenvalue weighted by Gasteiger charge is 2.01. The third-order valence-electron chi connectivity index (χ3n) is 2.65. The average Bonchev–Trinajstić information content (AvgIpc) is 2.46. The van der Waals surface area contributed by atoms with Gasteiger partial charge in [0.25, 0.3) is 0 Å². The molecule has 102 valence electrons. The number of hydrogen-bond donors (Lipinski definition) is 1. The van der Waals surface area contributed by atoms with Crippen LogP contribution in [0.15, 0.2) is 42.5 Å². The molecule has 0 amide bonds. The Morgan fingerprint density at radius 1 is 1.25 bits per heavy atom. The molecule has 0 bridgehead atoms. The van der Waals surface area contributed by atoms with Gasteiger partial charge in [0, 0.05) is 5.69 Å². The Balaban J connectivity index is 2.09. The average molecular weight is 267 g/mol. The molecule has 20 heavy (non-hydrogen) atoms. The zero-order valence-corrected chi connectivity index (χ0v) is 11.6. The van der Waals surface area contributed by atoms with E-state index in [-0.39, 0.29) is 6.10 Å². The van der Waals surface area contributed by atoms with E-state index in [4.69, 9.17) is 10.00 Å². The van der Waals surface area contributed by atoms with Gasteiger partial charge in [-0.3, -0.25) is 0 Å². The first-order valence-electron chi connectivity index (χ1n) is 6.52. The van der Waals surface area contributed by atoms with E-state index in [2.05, 4.69) is 10.3 Å². The minimum Gasteiger partial charge on any atom is -0.374 e. The lowest BCUT2D eigenvalue weighted by molar-refractivity contribution is 0.0657. The molecule has 1 heterocycles. The van der Waals surface area contributed by atoms with Gasteiger partial charge < -0.3 is 10.1 Å². The van der Waals surface area contributed by atoms with Gasteiger partial charge in [-0.25, -0.2) is 4.98 Å². The van der Waals surface area contributed by atoms with Crippen molar-refractivity contribution in [2.24, 2.45) is 0 Å². The predicted molar refractivity (Wildman–Crippen MR) is 78.6 cm³/mol. The van der Waals surface area contributed by atoms with Crippen LogP contribution in [0.2, 0.25) is 0 Å². The van der Waals surface area contributed by atoms with E-state index in [0.29, 0.717) is 18.1 Å². The van der Waals surface area contributed by atoms with Crippen LogP contribution in [-0.2, 0) is 11.3 Å². The number of aromatic nitrogens is 1. The number of anilines is 2. The summed E-state index contributed by atoms with van der Waals surface area (Å²) in [6, 6.07) is 15.3. The van der Waals surface area contributed by atoms with Gasteiger partial charge >= 0.3 is 0 Å². The third-order valence-corrected chi connectivity index (χ3v) is 2.65. The monoisotopic (exact) mass is 267 g/mol. The van der Waals surface area contributed by atoms with Gasteiger partial charge in [0.05, 0.1) is 12.7 Å². The molecule has 0 aliphatic rings. The number of nitrogens with one attached hydrogen (secondary N) is 1. The number of hydrogen-bond acceptors (Lipinski definition) is 4. The normalized spacial score (nSPS) is 10.3. The summed E-state index contributed by atoms with van der Waals surface area (Å²) in [6.07, 6.45) is 0.209. The largest absolute Gasteiger partial charge is 0.374 e. The molecule has 0 radical (unpaired) electrons. The van der Waals surface area contributed by atoms with E-state index < -0.39 is 0 Å². The molecule has 1 N–H and O–H groups in total. The maximum Gasteiger partial charge on any atom is 0.142 e. The second-order valence-corrected chi connectivity index (χ2v) is 4.71. The minimum absolute atomic E-state index is 0.209. The minimum atomic E-state index is 0.209.